The van der Waals surface area contributed by atoms with E-state index in [9.17, 15) is 14.4 Å². The Morgan fingerprint density at radius 2 is 1.85 bits per heavy atom. The molecule has 4 saturated carbocycles. The third kappa shape index (κ3) is 2.15. The number of hydrogen-bond acceptors (Lipinski definition) is 5. The molecule has 1 unspecified atom stereocenters. The van der Waals surface area contributed by atoms with Crippen molar-refractivity contribution in [2.75, 3.05) is 13.2 Å². The number of carbonyl (C=O) groups excluding carboxylic acids is 3. The first-order valence-electron chi connectivity index (χ1n) is 10.3. The van der Waals surface area contributed by atoms with E-state index in [4.69, 9.17) is 9.47 Å². The minimum absolute atomic E-state index is 0.0102. The van der Waals surface area contributed by atoms with Crippen LogP contribution in [-0.2, 0) is 23.9 Å². The maximum atomic E-state index is 12.6. The third-order valence-corrected chi connectivity index (χ3v) is 8.81. The minimum atomic E-state index is -0.278. The molecule has 5 aliphatic rings. The van der Waals surface area contributed by atoms with Gasteiger partial charge in [-0.25, -0.2) is 4.79 Å². The highest BCUT2D eigenvalue weighted by atomic mass is 16.6. The molecule has 5 heteroatoms. The van der Waals surface area contributed by atoms with Gasteiger partial charge in [0.15, 0.2) is 0 Å². The Hall–Kier alpha value is -1.23. The first-order chi connectivity index (χ1) is 12.4. The zero-order chi connectivity index (χ0) is 18.1. The van der Waals surface area contributed by atoms with Crippen molar-refractivity contribution < 1.29 is 23.9 Å². The number of ether oxygens (including phenoxy) is 2. The fourth-order valence-electron chi connectivity index (χ4n) is 7.51. The molecule has 1 saturated heterocycles. The molecule has 0 radical (unpaired) electrons. The molecule has 0 aromatic rings. The molecular weight excluding hydrogens is 332 g/mol. The summed E-state index contributed by atoms with van der Waals surface area (Å²) in [6.07, 6.45) is 6.46. The molecule has 0 aromatic carbocycles. The number of carbonyl (C=O) groups is 3. The second-order valence-corrected chi connectivity index (χ2v) is 9.62. The molecule has 142 valence electrons. The van der Waals surface area contributed by atoms with Crippen LogP contribution in [0.3, 0.4) is 0 Å². The SMILES string of the molecule is C[C@]12CC[C@H]3[C@@H](C[C@@H]4OCC(=O)OC[C@@]35CCC(=O)CC45)[C@@H]1CCC2=O. The number of fused-ring (bicyclic) bond motifs is 3. The van der Waals surface area contributed by atoms with Crippen molar-refractivity contribution in [2.45, 2.75) is 64.4 Å². The highest BCUT2D eigenvalue weighted by molar-refractivity contribution is 5.87. The van der Waals surface area contributed by atoms with E-state index in [1.54, 1.807) is 0 Å². The number of esters is 1. The van der Waals surface area contributed by atoms with Gasteiger partial charge in [-0.2, -0.15) is 0 Å². The molecule has 0 N–H and O–H groups in total. The van der Waals surface area contributed by atoms with Crippen molar-refractivity contribution >= 4 is 17.5 Å². The normalized spacial score (nSPS) is 50.8. The summed E-state index contributed by atoms with van der Waals surface area (Å²) in [5.41, 5.74) is -0.310. The van der Waals surface area contributed by atoms with Crippen LogP contribution in [-0.4, -0.2) is 36.9 Å². The summed E-state index contributed by atoms with van der Waals surface area (Å²) in [6, 6.07) is 0. The summed E-state index contributed by atoms with van der Waals surface area (Å²) in [6.45, 7) is 2.60. The van der Waals surface area contributed by atoms with E-state index < -0.39 is 0 Å². The Morgan fingerprint density at radius 3 is 2.69 bits per heavy atom. The largest absolute Gasteiger partial charge is 0.463 e. The minimum Gasteiger partial charge on any atom is -0.463 e. The summed E-state index contributed by atoms with van der Waals surface area (Å²) in [7, 11) is 0. The summed E-state index contributed by atoms with van der Waals surface area (Å²) < 4.78 is 11.7. The van der Waals surface area contributed by atoms with Crippen LogP contribution in [0.25, 0.3) is 0 Å². The lowest BCUT2D eigenvalue weighted by atomic mass is 9.44. The Bertz CT molecular complexity index is 669. The molecule has 2 bridgehead atoms. The van der Waals surface area contributed by atoms with E-state index in [1.165, 1.54) is 0 Å². The zero-order valence-electron chi connectivity index (χ0n) is 15.5. The predicted octanol–water partition coefficient (Wildman–Crippen LogP) is 2.70. The predicted molar refractivity (Wildman–Crippen MR) is 92.1 cm³/mol. The molecule has 0 amide bonds. The molecule has 4 aliphatic carbocycles. The fraction of sp³-hybridized carbons (Fsp3) is 0.857. The molecule has 5 rings (SSSR count). The van der Waals surface area contributed by atoms with E-state index in [2.05, 4.69) is 6.92 Å². The van der Waals surface area contributed by atoms with Gasteiger partial charge in [-0.3, -0.25) is 9.59 Å². The lowest BCUT2D eigenvalue weighted by molar-refractivity contribution is -0.217. The van der Waals surface area contributed by atoms with Gasteiger partial charge >= 0.3 is 5.97 Å². The van der Waals surface area contributed by atoms with Crippen LogP contribution in [0.4, 0.5) is 0 Å². The highest BCUT2D eigenvalue weighted by Gasteiger charge is 2.64. The Morgan fingerprint density at radius 1 is 1.00 bits per heavy atom. The van der Waals surface area contributed by atoms with Crippen LogP contribution in [0.5, 0.6) is 0 Å². The maximum absolute atomic E-state index is 12.6. The molecule has 0 aromatic heterocycles. The Kier molecular flexibility index (Phi) is 3.66. The molecule has 26 heavy (non-hydrogen) atoms. The van der Waals surface area contributed by atoms with Gasteiger partial charge in [0.2, 0.25) is 0 Å². The zero-order valence-corrected chi connectivity index (χ0v) is 15.5. The summed E-state index contributed by atoms with van der Waals surface area (Å²) in [4.78, 5) is 36.8. The Balaban J connectivity index is 1.56. The number of hydrogen-bond donors (Lipinski definition) is 0. The number of rotatable bonds is 0. The smallest absolute Gasteiger partial charge is 0.332 e. The van der Waals surface area contributed by atoms with E-state index in [0.29, 0.717) is 55.2 Å². The number of cyclic esters (lactones) is 1. The first-order valence-corrected chi connectivity index (χ1v) is 10.3. The van der Waals surface area contributed by atoms with Gasteiger partial charge in [0.25, 0.3) is 0 Å². The van der Waals surface area contributed by atoms with Gasteiger partial charge in [0, 0.05) is 36.0 Å². The third-order valence-electron chi connectivity index (χ3n) is 8.81. The van der Waals surface area contributed by atoms with Crippen molar-refractivity contribution in [3.05, 3.63) is 0 Å². The van der Waals surface area contributed by atoms with Gasteiger partial charge in [-0.1, -0.05) is 6.92 Å². The second-order valence-electron chi connectivity index (χ2n) is 9.62. The van der Waals surface area contributed by atoms with Crippen molar-refractivity contribution in [3.8, 4) is 0 Å². The van der Waals surface area contributed by atoms with E-state index in [0.717, 1.165) is 32.1 Å². The molecule has 1 aliphatic heterocycles. The molecule has 5 fully saturated rings. The van der Waals surface area contributed by atoms with Gasteiger partial charge in [0.05, 0.1) is 12.7 Å². The van der Waals surface area contributed by atoms with Crippen LogP contribution < -0.4 is 0 Å². The van der Waals surface area contributed by atoms with Crippen LogP contribution in [0.1, 0.15) is 58.3 Å². The van der Waals surface area contributed by atoms with Gasteiger partial charge in [0.1, 0.15) is 18.2 Å². The molecule has 1 heterocycles. The first kappa shape index (κ1) is 16.9. The maximum Gasteiger partial charge on any atom is 0.332 e. The van der Waals surface area contributed by atoms with Crippen LogP contribution in [0.15, 0.2) is 0 Å². The van der Waals surface area contributed by atoms with Crippen LogP contribution in [0, 0.1) is 34.5 Å². The van der Waals surface area contributed by atoms with Crippen molar-refractivity contribution in [2.24, 2.45) is 34.5 Å². The number of ketones is 2. The van der Waals surface area contributed by atoms with Gasteiger partial charge < -0.3 is 9.47 Å². The van der Waals surface area contributed by atoms with Crippen LogP contribution >= 0.6 is 0 Å². The van der Waals surface area contributed by atoms with E-state index in [-0.39, 0.29) is 35.4 Å². The second kappa shape index (κ2) is 5.63. The highest BCUT2D eigenvalue weighted by Crippen LogP contribution is 2.66. The quantitative estimate of drug-likeness (QED) is 0.621. The summed E-state index contributed by atoms with van der Waals surface area (Å²) >= 11 is 0. The van der Waals surface area contributed by atoms with E-state index >= 15 is 0 Å². The van der Waals surface area contributed by atoms with Crippen molar-refractivity contribution in [1.29, 1.82) is 0 Å². The Labute approximate surface area is 154 Å². The monoisotopic (exact) mass is 360 g/mol. The van der Waals surface area contributed by atoms with Gasteiger partial charge in [-0.15, -0.1) is 0 Å². The molecular formula is C21H28O5. The molecule has 0 spiro atoms. The lowest BCUT2D eigenvalue weighted by Gasteiger charge is -2.62. The van der Waals surface area contributed by atoms with Crippen LogP contribution in [0.2, 0.25) is 0 Å². The van der Waals surface area contributed by atoms with Crippen molar-refractivity contribution in [3.63, 3.8) is 0 Å². The topological polar surface area (TPSA) is 69.7 Å². The fourth-order valence-corrected chi connectivity index (χ4v) is 7.51. The van der Waals surface area contributed by atoms with Crippen molar-refractivity contribution in [1.82, 2.24) is 0 Å². The molecule has 7 atom stereocenters. The lowest BCUT2D eigenvalue weighted by Crippen LogP contribution is -2.62. The van der Waals surface area contributed by atoms with E-state index in [1.807, 2.05) is 0 Å². The average molecular weight is 360 g/mol. The van der Waals surface area contributed by atoms with Gasteiger partial charge in [-0.05, 0) is 49.9 Å². The summed E-state index contributed by atoms with van der Waals surface area (Å²) in [5.74, 6) is 1.96. The standard InChI is InChI=1S/C21H28O5/c1-20-6-5-15-13(14(20)2-3-18(20)23)9-17-16-8-12(22)4-7-21(15,16)11-26-19(24)10-25-17/h13-17H,2-11H2,1H3/t13-,14-,15-,16?,17-,20-,21-/m0/s1. The number of Topliss-reactive ketones (excluding diaryl/α,β-unsaturated/α-hetero) is 2. The average Bonchev–Trinajstić information content (AvgIpc) is 2.93. The summed E-state index contributed by atoms with van der Waals surface area (Å²) in [5, 5.41) is 0. The molecule has 5 nitrogen and oxygen atoms in total.